The van der Waals surface area contributed by atoms with Crippen molar-refractivity contribution in [2.45, 2.75) is 13.8 Å². The Balaban J connectivity index is 1.69. The van der Waals surface area contributed by atoms with Gasteiger partial charge in [-0.1, -0.05) is 60.2 Å². The van der Waals surface area contributed by atoms with E-state index in [2.05, 4.69) is 20.5 Å². The van der Waals surface area contributed by atoms with E-state index in [1.165, 1.54) is 17.8 Å². The molecule has 0 amide bonds. The van der Waals surface area contributed by atoms with Crippen LogP contribution in [0.2, 0.25) is 0 Å². The van der Waals surface area contributed by atoms with Crippen LogP contribution in [0.3, 0.4) is 0 Å². The van der Waals surface area contributed by atoms with E-state index < -0.39 is 0 Å². The number of rotatable bonds is 5. The first-order valence-corrected chi connectivity index (χ1v) is 9.83. The molecule has 154 valence electrons. The Morgan fingerprint density at radius 3 is 2.13 bits per heavy atom. The summed E-state index contributed by atoms with van der Waals surface area (Å²) in [5.41, 5.74) is 8.39. The van der Waals surface area contributed by atoms with Crippen LogP contribution in [0.4, 0.5) is 5.95 Å². The second-order valence-corrected chi connectivity index (χ2v) is 7.21. The number of nitrogens with one attached hydrogen (secondary N) is 1. The van der Waals surface area contributed by atoms with E-state index in [0.29, 0.717) is 17.1 Å². The number of aromatic nitrogens is 2. The summed E-state index contributed by atoms with van der Waals surface area (Å²) < 4.78 is 0. The highest BCUT2D eigenvalue weighted by Crippen LogP contribution is 2.28. The van der Waals surface area contributed by atoms with E-state index in [9.17, 15) is 10.2 Å². The van der Waals surface area contributed by atoms with Gasteiger partial charge in [0.05, 0.1) is 17.6 Å². The molecule has 0 spiro atoms. The highest BCUT2D eigenvalue weighted by molar-refractivity contribution is 5.85. The molecule has 0 unspecified atom stereocenters. The number of aromatic hydroxyl groups is 2. The van der Waals surface area contributed by atoms with E-state index in [4.69, 9.17) is 0 Å². The first kappa shape index (κ1) is 20.1. The van der Waals surface area contributed by atoms with Gasteiger partial charge in [0, 0.05) is 22.3 Å². The van der Waals surface area contributed by atoms with E-state index in [-0.39, 0.29) is 11.5 Å². The smallest absolute Gasteiger partial charge is 0.244 e. The van der Waals surface area contributed by atoms with Gasteiger partial charge in [0.1, 0.15) is 11.5 Å². The lowest BCUT2D eigenvalue weighted by Crippen LogP contribution is -2.00. The fraction of sp³-hybridized carbons (Fsp3) is 0.0800. The third-order valence-electron chi connectivity index (χ3n) is 4.94. The molecule has 3 N–H and O–H groups in total. The third-order valence-corrected chi connectivity index (χ3v) is 4.94. The number of anilines is 1. The number of nitrogens with zero attached hydrogens (tertiary/aromatic N) is 3. The first-order valence-electron chi connectivity index (χ1n) is 9.83. The molecule has 3 aromatic carbocycles. The molecular formula is C25H22N4O2. The molecule has 1 heterocycles. The molecule has 0 aliphatic heterocycles. The minimum absolute atomic E-state index is 0.0233. The Bertz CT molecular complexity index is 1240. The maximum atomic E-state index is 10.2. The van der Waals surface area contributed by atoms with Crippen molar-refractivity contribution in [3.05, 3.63) is 89.5 Å². The number of hydrazone groups is 1. The topological polar surface area (TPSA) is 90.6 Å². The summed E-state index contributed by atoms with van der Waals surface area (Å²) >= 11 is 0. The van der Waals surface area contributed by atoms with Crippen LogP contribution in [0, 0.1) is 13.8 Å². The summed E-state index contributed by atoms with van der Waals surface area (Å²) in [6.07, 6.45) is 1.46. The SMILES string of the molecule is Cc1ccc(-c2cc(-c3ccccc3)nc(N/N=C/c3ccc(O)c(C)c3O)n2)cc1. The Morgan fingerprint density at radius 2 is 1.45 bits per heavy atom. The van der Waals surface area contributed by atoms with Gasteiger partial charge < -0.3 is 10.2 Å². The lowest BCUT2D eigenvalue weighted by atomic mass is 10.1. The van der Waals surface area contributed by atoms with Gasteiger partial charge in [0.15, 0.2) is 0 Å². The molecule has 6 nitrogen and oxygen atoms in total. The van der Waals surface area contributed by atoms with Gasteiger partial charge in [-0.3, -0.25) is 0 Å². The first-order chi connectivity index (χ1) is 15.0. The lowest BCUT2D eigenvalue weighted by molar-refractivity contribution is 0.442. The average molecular weight is 410 g/mol. The quantitative estimate of drug-likeness (QED) is 0.307. The molecule has 1 aromatic heterocycles. The molecular weight excluding hydrogens is 388 g/mol. The molecule has 0 saturated heterocycles. The van der Waals surface area contributed by atoms with Gasteiger partial charge in [-0.25, -0.2) is 15.4 Å². The molecule has 0 fully saturated rings. The maximum absolute atomic E-state index is 10.2. The van der Waals surface area contributed by atoms with Crippen molar-refractivity contribution in [1.82, 2.24) is 9.97 Å². The van der Waals surface area contributed by atoms with Gasteiger partial charge in [0.2, 0.25) is 5.95 Å². The van der Waals surface area contributed by atoms with Crippen LogP contribution in [-0.4, -0.2) is 26.4 Å². The molecule has 0 atom stereocenters. The van der Waals surface area contributed by atoms with Crippen LogP contribution >= 0.6 is 0 Å². The van der Waals surface area contributed by atoms with Gasteiger partial charge in [-0.2, -0.15) is 5.10 Å². The molecule has 0 aliphatic carbocycles. The monoisotopic (exact) mass is 410 g/mol. The van der Waals surface area contributed by atoms with E-state index in [1.807, 2.05) is 67.6 Å². The van der Waals surface area contributed by atoms with Crippen molar-refractivity contribution >= 4 is 12.2 Å². The Hall–Kier alpha value is -4.19. The predicted octanol–water partition coefficient (Wildman–Crippen LogP) is 5.28. The van der Waals surface area contributed by atoms with Crippen LogP contribution in [0.15, 0.2) is 77.9 Å². The summed E-state index contributed by atoms with van der Waals surface area (Å²) in [5.74, 6) is 0.345. The van der Waals surface area contributed by atoms with Gasteiger partial charge >= 0.3 is 0 Å². The molecule has 0 radical (unpaired) electrons. The zero-order valence-corrected chi connectivity index (χ0v) is 17.2. The van der Waals surface area contributed by atoms with Crippen LogP contribution < -0.4 is 5.43 Å². The zero-order chi connectivity index (χ0) is 21.8. The average Bonchev–Trinajstić information content (AvgIpc) is 2.80. The van der Waals surface area contributed by atoms with Crippen molar-refractivity contribution < 1.29 is 10.2 Å². The minimum Gasteiger partial charge on any atom is -0.508 e. The fourth-order valence-electron chi connectivity index (χ4n) is 3.10. The van der Waals surface area contributed by atoms with Crippen LogP contribution in [0.25, 0.3) is 22.5 Å². The number of phenols is 2. The molecule has 0 bridgehead atoms. The second-order valence-electron chi connectivity index (χ2n) is 7.21. The molecule has 6 heteroatoms. The minimum atomic E-state index is -0.0233. The third kappa shape index (κ3) is 4.53. The number of aryl methyl sites for hydroxylation is 1. The fourth-order valence-corrected chi connectivity index (χ4v) is 3.10. The normalized spacial score (nSPS) is 11.0. The van der Waals surface area contributed by atoms with Gasteiger partial charge in [0.25, 0.3) is 0 Å². The standard InChI is InChI=1S/C25H22N4O2/c1-16-8-10-19(11-9-16)22-14-21(18-6-4-3-5-7-18)27-25(28-22)29-26-15-20-12-13-23(30)17(2)24(20)31/h3-15,30-31H,1-2H3,(H,27,28,29)/b26-15+. The summed E-state index contributed by atoms with van der Waals surface area (Å²) in [5, 5.41) is 24.0. The summed E-state index contributed by atoms with van der Waals surface area (Å²) in [6.45, 7) is 3.68. The number of benzene rings is 3. The highest BCUT2D eigenvalue weighted by atomic mass is 16.3. The summed E-state index contributed by atoms with van der Waals surface area (Å²) in [7, 11) is 0. The van der Waals surface area contributed by atoms with Crippen LogP contribution in [0.1, 0.15) is 16.7 Å². The number of phenolic OH excluding ortho intramolecular Hbond substituents is 2. The lowest BCUT2D eigenvalue weighted by Gasteiger charge is -2.09. The van der Waals surface area contributed by atoms with E-state index >= 15 is 0 Å². The molecule has 0 saturated carbocycles. The predicted molar refractivity (Wildman–Crippen MR) is 123 cm³/mol. The van der Waals surface area contributed by atoms with Crippen molar-refractivity contribution in [2.75, 3.05) is 5.43 Å². The Kier molecular flexibility index (Phi) is 5.62. The Morgan fingerprint density at radius 1 is 0.806 bits per heavy atom. The molecule has 0 aliphatic rings. The van der Waals surface area contributed by atoms with Crippen LogP contribution in [-0.2, 0) is 0 Å². The van der Waals surface area contributed by atoms with Crippen molar-refractivity contribution in [2.24, 2.45) is 5.10 Å². The van der Waals surface area contributed by atoms with Gasteiger partial charge in [-0.15, -0.1) is 0 Å². The zero-order valence-electron chi connectivity index (χ0n) is 17.2. The Labute approximate surface area is 180 Å². The van der Waals surface area contributed by atoms with Crippen molar-refractivity contribution in [3.8, 4) is 34.0 Å². The number of hydrogen-bond donors (Lipinski definition) is 3. The summed E-state index contributed by atoms with van der Waals surface area (Å²) in [4.78, 5) is 9.20. The van der Waals surface area contributed by atoms with Crippen molar-refractivity contribution in [3.63, 3.8) is 0 Å². The second kappa shape index (κ2) is 8.67. The largest absolute Gasteiger partial charge is 0.508 e. The maximum Gasteiger partial charge on any atom is 0.244 e. The van der Waals surface area contributed by atoms with E-state index in [0.717, 1.165) is 22.5 Å². The van der Waals surface area contributed by atoms with Crippen LogP contribution in [0.5, 0.6) is 11.5 Å². The summed E-state index contributed by atoms with van der Waals surface area (Å²) in [6, 6.07) is 23.0. The highest BCUT2D eigenvalue weighted by Gasteiger charge is 2.09. The number of hydrogen-bond acceptors (Lipinski definition) is 6. The van der Waals surface area contributed by atoms with E-state index in [1.54, 1.807) is 13.0 Å². The molecule has 4 aromatic rings. The molecule has 4 rings (SSSR count). The molecule has 31 heavy (non-hydrogen) atoms. The van der Waals surface area contributed by atoms with Crippen molar-refractivity contribution in [1.29, 1.82) is 0 Å². The van der Waals surface area contributed by atoms with Gasteiger partial charge in [-0.05, 0) is 32.0 Å².